The lowest BCUT2D eigenvalue weighted by Gasteiger charge is -2.15. The number of anilines is 1. The van der Waals surface area contributed by atoms with Gasteiger partial charge in [0.1, 0.15) is 6.61 Å². The van der Waals surface area contributed by atoms with Gasteiger partial charge in [0.2, 0.25) is 0 Å². The van der Waals surface area contributed by atoms with Gasteiger partial charge in [0.15, 0.2) is 18.1 Å². The van der Waals surface area contributed by atoms with E-state index in [0.717, 1.165) is 20.3 Å². The number of oxime groups is 1. The first kappa shape index (κ1) is 24.9. The third-order valence-electron chi connectivity index (χ3n) is 4.47. The topological polar surface area (TPSA) is 69.2 Å². The highest BCUT2D eigenvalue weighted by molar-refractivity contribution is 14.1. The maximum Gasteiger partial charge on any atom is 0.265 e. The van der Waals surface area contributed by atoms with Gasteiger partial charge < -0.3 is 19.6 Å². The van der Waals surface area contributed by atoms with Crippen molar-refractivity contribution in [2.75, 3.05) is 18.5 Å². The Morgan fingerprint density at radius 3 is 2.61 bits per heavy atom. The van der Waals surface area contributed by atoms with Gasteiger partial charge in [-0.05, 0) is 66.8 Å². The van der Waals surface area contributed by atoms with Crippen LogP contribution < -0.4 is 14.8 Å². The van der Waals surface area contributed by atoms with Crippen molar-refractivity contribution >= 4 is 52.0 Å². The second kappa shape index (κ2) is 12.5. The zero-order valence-electron chi connectivity index (χ0n) is 18.3. The smallest absolute Gasteiger partial charge is 0.265 e. The Balaban J connectivity index is 1.60. The summed E-state index contributed by atoms with van der Waals surface area (Å²) in [6.07, 6.45) is 1.53. The van der Waals surface area contributed by atoms with Gasteiger partial charge in [-0.15, -0.1) is 0 Å². The lowest BCUT2D eigenvalue weighted by Crippen LogP contribution is -2.16. The van der Waals surface area contributed by atoms with Gasteiger partial charge in [-0.1, -0.05) is 52.7 Å². The molecule has 33 heavy (non-hydrogen) atoms. The molecular weight excluding hydrogens is 555 g/mol. The molecule has 0 aliphatic rings. The summed E-state index contributed by atoms with van der Waals surface area (Å²) in [5.74, 6) is 0.937. The van der Waals surface area contributed by atoms with E-state index in [-0.39, 0.29) is 12.5 Å². The van der Waals surface area contributed by atoms with E-state index in [1.165, 1.54) is 6.21 Å². The molecule has 0 spiro atoms. The number of hydrogen-bond donors (Lipinski definition) is 1. The van der Waals surface area contributed by atoms with Crippen LogP contribution in [0, 0.1) is 10.5 Å². The molecule has 0 radical (unpaired) electrons. The number of benzene rings is 3. The van der Waals surface area contributed by atoms with Gasteiger partial charge in [-0.25, -0.2) is 0 Å². The average Bonchev–Trinajstić information content (AvgIpc) is 2.79. The van der Waals surface area contributed by atoms with Crippen molar-refractivity contribution in [3.63, 3.8) is 0 Å². The number of nitrogens with one attached hydrogen (secondary N) is 1. The van der Waals surface area contributed by atoms with E-state index in [1.54, 1.807) is 0 Å². The maximum absolute atomic E-state index is 12.0. The first-order valence-corrected chi connectivity index (χ1v) is 11.8. The Morgan fingerprint density at radius 2 is 1.88 bits per heavy atom. The number of aryl methyl sites for hydroxylation is 1. The fourth-order valence-electron chi connectivity index (χ4n) is 2.86. The monoisotopic (exact) mass is 578 g/mol. The normalized spacial score (nSPS) is 10.8. The Labute approximate surface area is 212 Å². The van der Waals surface area contributed by atoms with Crippen LogP contribution in [0.3, 0.4) is 0 Å². The first-order valence-electron chi connectivity index (χ1n) is 10.3. The van der Waals surface area contributed by atoms with Crippen LogP contribution in [0.5, 0.6) is 11.5 Å². The van der Waals surface area contributed by atoms with Crippen LogP contribution in [-0.2, 0) is 16.2 Å². The zero-order valence-corrected chi connectivity index (χ0v) is 21.2. The van der Waals surface area contributed by atoms with Gasteiger partial charge in [0, 0.05) is 21.8 Å². The number of nitrogens with zero attached hydrogens (tertiary/aromatic N) is 1. The number of carbonyl (C=O) groups excluding carboxylic acids is 1. The predicted molar refractivity (Wildman–Crippen MR) is 139 cm³/mol. The number of hydrogen-bond acceptors (Lipinski definition) is 5. The van der Waals surface area contributed by atoms with Crippen molar-refractivity contribution in [1.82, 2.24) is 0 Å². The summed E-state index contributed by atoms with van der Waals surface area (Å²) in [7, 11) is 0. The number of halogens is 2. The summed E-state index contributed by atoms with van der Waals surface area (Å²) < 4.78 is 12.6. The number of carbonyl (C=O) groups is 1. The minimum absolute atomic E-state index is 0.196. The van der Waals surface area contributed by atoms with Crippen LogP contribution in [0.4, 0.5) is 5.69 Å². The van der Waals surface area contributed by atoms with Crippen molar-refractivity contribution in [3.05, 3.63) is 85.9 Å². The molecule has 3 aromatic carbocycles. The number of amides is 1. The molecule has 0 bridgehead atoms. The standard InChI is InChI=1S/C25H24ClIN2O4/c1-3-31-23-13-18(12-22(27)25(23)32-15-19-6-4-5-7-21(19)26)14-28-33-16-24(30)29-20-10-8-17(2)9-11-20/h4-14H,3,15-16H2,1-2H3,(H,29,30)/b28-14+. The molecular formula is C25H24ClIN2O4. The van der Waals surface area contributed by atoms with Crippen LogP contribution in [0.25, 0.3) is 0 Å². The molecule has 0 unspecified atom stereocenters. The molecule has 0 heterocycles. The van der Waals surface area contributed by atoms with Crippen molar-refractivity contribution in [1.29, 1.82) is 0 Å². The van der Waals surface area contributed by atoms with E-state index in [2.05, 4.69) is 33.1 Å². The summed E-state index contributed by atoms with van der Waals surface area (Å²) in [6, 6.07) is 18.8. The molecule has 8 heteroatoms. The Morgan fingerprint density at radius 1 is 1.12 bits per heavy atom. The molecule has 0 saturated carbocycles. The average molecular weight is 579 g/mol. The third kappa shape index (κ3) is 7.64. The summed E-state index contributed by atoms with van der Waals surface area (Å²) in [4.78, 5) is 17.2. The van der Waals surface area contributed by atoms with Crippen LogP contribution >= 0.6 is 34.2 Å². The predicted octanol–water partition coefficient (Wildman–Crippen LogP) is 6.22. The molecule has 0 fully saturated rings. The molecule has 6 nitrogen and oxygen atoms in total. The first-order chi connectivity index (χ1) is 16.0. The fourth-order valence-corrected chi connectivity index (χ4v) is 3.83. The maximum atomic E-state index is 12.0. The minimum Gasteiger partial charge on any atom is -0.490 e. The Bertz CT molecular complexity index is 1120. The minimum atomic E-state index is -0.288. The largest absolute Gasteiger partial charge is 0.490 e. The Kier molecular flexibility index (Phi) is 9.38. The van der Waals surface area contributed by atoms with Gasteiger partial charge in [-0.3, -0.25) is 4.79 Å². The van der Waals surface area contributed by atoms with E-state index in [1.807, 2.05) is 74.5 Å². The van der Waals surface area contributed by atoms with E-state index < -0.39 is 0 Å². The summed E-state index contributed by atoms with van der Waals surface area (Å²) in [5.41, 5.74) is 3.48. The zero-order chi connectivity index (χ0) is 23.6. The summed E-state index contributed by atoms with van der Waals surface area (Å²) in [6.45, 7) is 4.50. The van der Waals surface area contributed by atoms with Crippen molar-refractivity contribution in [2.45, 2.75) is 20.5 Å². The van der Waals surface area contributed by atoms with Gasteiger partial charge >= 0.3 is 0 Å². The lowest BCUT2D eigenvalue weighted by atomic mass is 10.2. The summed E-state index contributed by atoms with van der Waals surface area (Å²) >= 11 is 8.41. The Hall–Kier alpha value is -2.78. The van der Waals surface area contributed by atoms with Crippen LogP contribution in [0.15, 0.2) is 65.8 Å². The van der Waals surface area contributed by atoms with Crippen molar-refractivity contribution in [3.8, 4) is 11.5 Å². The molecule has 3 aromatic rings. The molecule has 3 rings (SSSR count). The molecule has 172 valence electrons. The van der Waals surface area contributed by atoms with Crippen molar-refractivity contribution in [2.24, 2.45) is 5.16 Å². The van der Waals surface area contributed by atoms with Crippen LogP contribution in [-0.4, -0.2) is 25.3 Å². The van der Waals surface area contributed by atoms with Gasteiger partial charge in [0.05, 0.1) is 16.4 Å². The molecule has 0 aromatic heterocycles. The number of rotatable bonds is 10. The van der Waals surface area contributed by atoms with E-state index >= 15 is 0 Å². The highest BCUT2D eigenvalue weighted by Gasteiger charge is 2.13. The van der Waals surface area contributed by atoms with E-state index in [4.69, 9.17) is 25.9 Å². The molecule has 1 amide bonds. The SMILES string of the molecule is CCOc1cc(/C=N/OCC(=O)Nc2ccc(C)cc2)cc(I)c1OCc1ccccc1Cl. The van der Waals surface area contributed by atoms with Gasteiger partial charge in [0.25, 0.3) is 5.91 Å². The molecule has 1 N–H and O–H groups in total. The second-order valence-electron chi connectivity index (χ2n) is 7.07. The van der Waals surface area contributed by atoms with E-state index in [9.17, 15) is 4.79 Å². The molecule has 0 saturated heterocycles. The lowest BCUT2D eigenvalue weighted by molar-refractivity contribution is -0.120. The van der Waals surface area contributed by atoms with Crippen LogP contribution in [0.1, 0.15) is 23.6 Å². The third-order valence-corrected chi connectivity index (χ3v) is 5.64. The summed E-state index contributed by atoms with van der Waals surface area (Å²) in [5, 5.41) is 7.32. The second-order valence-corrected chi connectivity index (χ2v) is 8.63. The highest BCUT2D eigenvalue weighted by Crippen LogP contribution is 2.35. The van der Waals surface area contributed by atoms with E-state index in [0.29, 0.717) is 35.4 Å². The molecule has 0 aliphatic heterocycles. The number of ether oxygens (including phenoxy) is 2. The molecule has 0 aliphatic carbocycles. The van der Waals surface area contributed by atoms with Gasteiger partial charge in [-0.2, -0.15) is 0 Å². The molecule has 0 atom stereocenters. The fraction of sp³-hybridized carbons (Fsp3) is 0.200. The highest BCUT2D eigenvalue weighted by atomic mass is 127. The van der Waals surface area contributed by atoms with Crippen LogP contribution in [0.2, 0.25) is 5.02 Å². The van der Waals surface area contributed by atoms with Crippen molar-refractivity contribution < 1.29 is 19.1 Å². The quantitative estimate of drug-likeness (QED) is 0.176.